The minimum Gasteiger partial charge on any atom is -0.479 e. The number of ether oxygens (including phenoxy) is 4. The predicted octanol–water partition coefficient (Wildman–Crippen LogP) is 1.09. The number of anilines is 1. The van der Waals surface area contributed by atoms with Gasteiger partial charge in [-0.05, 0) is 40.0 Å². The van der Waals surface area contributed by atoms with Crippen molar-refractivity contribution in [2.24, 2.45) is 5.92 Å². The molecule has 18 heteroatoms. The molecule has 0 bridgehead atoms. The van der Waals surface area contributed by atoms with Crippen molar-refractivity contribution in [1.29, 1.82) is 0 Å². The standard InChI is InChI=1S/C25H41N6O11P/c1-8-38-22(34)15(9-13(2)3)30-43(36,40-11-17(32)41-14(4)5)39-10-16-19(33)25(6,35)23(42-16)31-12-27-18-20(31)28-24(26)29-21(18)37-7/h12-16,19,23,33,35H,8-11H2,1-7H3,(H,30,36)(H2,26,28,29)/t15-,16+,19+,23+,25+,43?/m0/s1. The maximum atomic E-state index is 13.9. The first-order chi connectivity index (χ1) is 20.1. The zero-order valence-corrected chi connectivity index (χ0v) is 26.1. The SMILES string of the molecule is CCOC(=O)[C@H](CC(C)C)NP(=O)(OCC(=O)OC(C)C)OC[C@H]1O[C@@H](n2cnc3c(OC)nc(N)nc32)[C@](C)(O)[C@@H]1O. The average Bonchev–Trinajstić information content (AvgIpc) is 3.42. The number of nitrogens with two attached hydrogens (primary N) is 1. The van der Waals surface area contributed by atoms with Crippen molar-refractivity contribution in [3.63, 3.8) is 0 Å². The molecule has 0 aromatic carbocycles. The average molecular weight is 633 g/mol. The molecule has 1 saturated heterocycles. The Morgan fingerprint density at radius 3 is 2.56 bits per heavy atom. The van der Waals surface area contributed by atoms with Gasteiger partial charge < -0.3 is 34.9 Å². The highest BCUT2D eigenvalue weighted by molar-refractivity contribution is 7.51. The van der Waals surface area contributed by atoms with Gasteiger partial charge in [-0.25, -0.2) is 19.4 Å². The lowest BCUT2D eigenvalue weighted by molar-refractivity contribution is -0.150. The minimum absolute atomic E-state index is 0.0291. The number of imidazole rings is 1. The molecule has 0 amide bonds. The number of fused-ring (bicyclic) bond motifs is 1. The third kappa shape index (κ3) is 8.38. The van der Waals surface area contributed by atoms with Gasteiger partial charge in [0.1, 0.15) is 23.9 Å². The van der Waals surface area contributed by atoms with Crippen molar-refractivity contribution >= 4 is 36.8 Å². The lowest BCUT2D eigenvalue weighted by Gasteiger charge is -2.27. The molecule has 1 aliphatic rings. The minimum atomic E-state index is -4.46. The van der Waals surface area contributed by atoms with Crippen LogP contribution in [0, 0.1) is 5.92 Å². The number of nitrogens with one attached hydrogen (secondary N) is 1. The summed E-state index contributed by atoms with van der Waals surface area (Å²) in [5.41, 5.74) is 4.26. The van der Waals surface area contributed by atoms with Crippen LogP contribution in [0.15, 0.2) is 6.33 Å². The maximum Gasteiger partial charge on any atom is 0.406 e. The van der Waals surface area contributed by atoms with Crippen molar-refractivity contribution < 1.29 is 52.4 Å². The number of rotatable bonds is 15. The molecule has 242 valence electrons. The molecular weight excluding hydrogens is 591 g/mol. The molecule has 1 aliphatic heterocycles. The molecule has 6 atom stereocenters. The van der Waals surface area contributed by atoms with E-state index in [1.165, 1.54) is 24.9 Å². The van der Waals surface area contributed by atoms with Crippen LogP contribution in [0.3, 0.4) is 0 Å². The summed E-state index contributed by atoms with van der Waals surface area (Å²) in [5, 5.41) is 24.8. The lowest BCUT2D eigenvalue weighted by atomic mass is 9.96. The van der Waals surface area contributed by atoms with Crippen molar-refractivity contribution in [1.82, 2.24) is 24.6 Å². The fourth-order valence-corrected chi connectivity index (χ4v) is 5.86. The fourth-order valence-electron chi connectivity index (χ4n) is 4.42. The first-order valence-electron chi connectivity index (χ1n) is 13.7. The van der Waals surface area contributed by atoms with Gasteiger partial charge in [-0.1, -0.05) is 13.8 Å². The summed E-state index contributed by atoms with van der Waals surface area (Å²) in [6.45, 7) is 8.62. The van der Waals surface area contributed by atoms with Crippen molar-refractivity contribution in [2.45, 2.75) is 84.1 Å². The lowest BCUT2D eigenvalue weighted by Crippen LogP contribution is -2.44. The quantitative estimate of drug-likeness (QED) is 0.159. The summed E-state index contributed by atoms with van der Waals surface area (Å²) in [5.74, 6) is -1.57. The summed E-state index contributed by atoms with van der Waals surface area (Å²) < 4.78 is 47.5. The zero-order valence-electron chi connectivity index (χ0n) is 25.3. The normalized spacial score (nSPS) is 24.3. The smallest absolute Gasteiger partial charge is 0.406 e. The Labute approximate surface area is 248 Å². The van der Waals surface area contributed by atoms with Gasteiger partial charge in [-0.2, -0.15) is 9.97 Å². The molecule has 2 aromatic heterocycles. The Balaban J connectivity index is 1.86. The van der Waals surface area contributed by atoms with Gasteiger partial charge >= 0.3 is 19.7 Å². The van der Waals surface area contributed by atoms with E-state index in [2.05, 4.69) is 20.0 Å². The number of hydrogen-bond donors (Lipinski definition) is 4. The van der Waals surface area contributed by atoms with E-state index in [1.54, 1.807) is 20.8 Å². The topological polar surface area (TPSA) is 229 Å². The third-order valence-corrected chi connectivity index (χ3v) is 7.91. The maximum absolute atomic E-state index is 13.9. The van der Waals surface area contributed by atoms with Crippen LogP contribution in [0.1, 0.15) is 54.2 Å². The van der Waals surface area contributed by atoms with E-state index >= 15 is 0 Å². The number of aliphatic hydroxyl groups excluding tert-OH is 1. The highest BCUT2D eigenvalue weighted by atomic mass is 31.2. The second-order valence-electron chi connectivity index (χ2n) is 10.8. The summed E-state index contributed by atoms with van der Waals surface area (Å²) in [6, 6.07) is -1.12. The molecule has 1 unspecified atom stereocenters. The molecule has 1 fully saturated rings. The van der Waals surface area contributed by atoms with Gasteiger partial charge in [-0.3, -0.25) is 18.4 Å². The van der Waals surface area contributed by atoms with Crippen molar-refractivity contribution in [2.75, 3.05) is 32.7 Å². The zero-order chi connectivity index (χ0) is 32.1. The number of aliphatic hydroxyl groups is 2. The van der Waals surface area contributed by atoms with Crippen molar-refractivity contribution in [3.05, 3.63) is 6.33 Å². The van der Waals surface area contributed by atoms with Gasteiger partial charge in [0.2, 0.25) is 11.8 Å². The third-order valence-electron chi connectivity index (χ3n) is 6.33. The van der Waals surface area contributed by atoms with E-state index in [-0.39, 0.29) is 41.9 Å². The summed E-state index contributed by atoms with van der Waals surface area (Å²) in [4.78, 5) is 37.2. The second kappa shape index (κ2) is 14.2. The Bertz CT molecular complexity index is 1320. The Morgan fingerprint density at radius 1 is 1.26 bits per heavy atom. The molecular formula is C25H41N6O11P. The van der Waals surface area contributed by atoms with Crippen LogP contribution in [-0.4, -0.2) is 98.6 Å². The first kappa shape index (κ1) is 34.6. The molecule has 17 nitrogen and oxygen atoms in total. The number of esters is 2. The van der Waals surface area contributed by atoms with Crippen molar-refractivity contribution in [3.8, 4) is 5.88 Å². The Kier molecular flexibility index (Phi) is 11.4. The van der Waals surface area contributed by atoms with E-state index in [1.807, 2.05) is 13.8 Å². The van der Waals surface area contributed by atoms with Crippen LogP contribution in [-0.2, 0) is 37.4 Å². The van der Waals surface area contributed by atoms with E-state index in [9.17, 15) is 24.4 Å². The van der Waals surface area contributed by atoms with Crippen LogP contribution in [0.4, 0.5) is 5.95 Å². The van der Waals surface area contributed by atoms with E-state index in [4.69, 9.17) is 33.7 Å². The second-order valence-corrected chi connectivity index (χ2v) is 12.6. The van der Waals surface area contributed by atoms with Gasteiger partial charge in [0.15, 0.2) is 24.0 Å². The van der Waals surface area contributed by atoms with Crippen LogP contribution in [0.5, 0.6) is 5.88 Å². The van der Waals surface area contributed by atoms with E-state index in [0.717, 1.165) is 0 Å². The monoisotopic (exact) mass is 632 g/mol. The Morgan fingerprint density at radius 2 is 1.95 bits per heavy atom. The Hall–Kier alpha value is -2.92. The summed E-state index contributed by atoms with van der Waals surface area (Å²) in [6.07, 6.45) is -3.06. The number of carbonyl (C=O) groups excluding carboxylic acids is 2. The summed E-state index contributed by atoms with van der Waals surface area (Å²) in [7, 11) is -3.08. The van der Waals surface area contributed by atoms with Crippen LogP contribution < -0.4 is 15.6 Å². The van der Waals surface area contributed by atoms with Crippen LogP contribution in [0.2, 0.25) is 0 Å². The number of aromatic nitrogens is 4. The van der Waals surface area contributed by atoms with E-state index in [0.29, 0.717) is 0 Å². The van der Waals surface area contributed by atoms with Crippen LogP contribution >= 0.6 is 7.75 Å². The fraction of sp³-hybridized carbons (Fsp3) is 0.720. The van der Waals surface area contributed by atoms with Gasteiger partial charge in [0.25, 0.3) is 0 Å². The molecule has 0 aliphatic carbocycles. The number of nitrogen functional groups attached to an aromatic ring is 1. The van der Waals surface area contributed by atoms with Gasteiger partial charge in [0.05, 0.1) is 32.8 Å². The molecule has 0 radical (unpaired) electrons. The number of hydrogen-bond acceptors (Lipinski definition) is 15. The molecule has 2 aromatic rings. The van der Waals surface area contributed by atoms with Gasteiger partial charge in [0, 0.05) is 0 Å². The number of nitrogens with zero attached hydrogens (tertiary/aromatic N) is 4. The summed E-state index contributed by atoms with van der Waals surface area (Å²) >= 11 is 0. The highest BCUT2D eigenvalue weighted by Crippen LogP contribution is 2.47. The molecule has 0 saturated carbocycles. The molecule has 0 spiro atoms. The predicted molar refractivity (Wildman–Crippen MR) is 151 cm³/mol. The first-order valence-corrected chi connectivity index (χ1v) is 15.3. The van der Waals surface area contributed by atoms with E-state index < -0.39 is 69.1 Å². The number of carbonyl (C=O) groups is 2. The molecule has 3 heterocycles. The molecule has 3 rings (SSSR count). The molecule has 5 N–H and O–H groups in total. The van der Waals surface area contributed by atoms with Crippen LogP contribution in [0.25, 0.3) is 11.2 Å². The largest absolute Gasteiger partial charge is 0.479 e. The molecule has 43 heavy (non-hydrogen) atoms. The highest BCUT2D eigenvalue weighted by Gasteiger charge is 2.54. The van der Waals surface area contributed by atoms with Gasteiger partial charge in [-0.15, -0.1) is 0 Å². The number of methoxy groups -OCH3 is 1.